The number of carbonyl (C=O) groups excluding carboxylic acids is 4. The Morgan fingerprint density at radius 3 is 2.21 bits per heavy atom. The van der Waals surface area contributed by atoms with Gasteiger partial charge in [0.2, 0.25) is 11.8 Å². The van der Waals surface area contributed by atoms with E-state index in [0.29, 0.717) is 11.4 Å². The van der Waals surface area contributed by atoms with Crippen LogP contribution in [0.15, 0.2) is 42.5 Å². The van der Waals surface area contributed by atoms with Crippen LogP contribution in [0.4, 0.5) is 11.4 Å². The summed E-state index contributed by atoms with van der Waals surface area (Å²) in [7, 11) is 0. The number of hydrogen-bond donors (Lipinski definition) is 1. The van der Waals surface area contributed by atoms with Gasteiger partial charge in [0.05, 0.1) is 11.3 Å². The second kappa shape index (κ2) is 8.04. The van der Waals surface area contributed by atoms with E-state index in [1.54, 1.807) is 6.07 Å². The maximum absolute atomic E-state index is 12.1. The predicted molar refractivity (Wildman–Crippen MR) is 103 cm³/mol. The SMILES string of the molecule is Cc1ccc(NC(=O)COC(=O)c2ccc(N3C(=O)CCC3=O)cc2)cc1C. The Balaban J connectivity index is 1.55. The minimum atomic E-state index is -0.666. The molecule has 2 aromatic rings. The maximum Gasteiger partial charge on any atom is 0.338 e. The van der Waals surface area contributed by atoms with E-state index >= 15 is 0 Å². The van der Waals surface area contributed by atoms with E-state index in [0.717, 1.165) is 16.0 Å². The van der Waals surface area contributed by atoms with Gasteiger partial charge in [0.25, 0.3) is 5.91 Å². The molecular weight excluding hydrogens is 360 g/mol. The van der Waals surface area contributed by atoms with Crippen LogP contribution in [0, 0.1) is 13.8 Å². The summed E-state index contributed by atoms with van der Waals surface area (Å²) in [5, 5.41) is 2.67. The molecule has 1 fully saturated rings. The number of imide groups is 1. The van der Waals surface area contributed by atoms with Crippen molar-refractivity contribution in [1.82, 2.24) is 0 Å². The normalized spacial score (nSPS) is 13.6. The van der Waals surface area contributed by atoms with E-state index in [2.05, 4.69) is 5.32 Å². The second-order valence-corrected chi connectivity index (χ2v) is 6.59. The lowest BCUT2D eigenvalue weighted by molar-refractivity contribution is -0.121. The molecule has 3 amide bonds. The van der Waals surface area contributed by atoms with Crippen LogP contribution in [0.3, 0.4) is 0 Å². The molecule has 1 aliphatic rings. The van der Waals surface area contributed by atoms with Gasteiger partial charge in [0.1, 0.15) is 0 Å². The van der Waals surface area contributed by atoms with Crippen molar-refractivity contribution >= 4 is 35.1 Å². The summed E-state index contributed by atoms with van der Waals surface area (Å²) < 4.78 is 5.03. The lowest BCUT2D eigenvalue weighted by Gasteiger charge is -2.14. The number of nitrogens with zero attached hydrogens (tertiary/aromatic N) is 1. The first-order valence-corrected chi connectivity index (χ1v) is 8.85. The summed E-state index contributed by atoms with van der Waals surface area (Å²) in [6.45, 7) is 3.50. The molecule has 1 saturated heterocycles. The predicted octanol–water partition coefficient (Wildman–Crippen LogP) is 2.75. The zero-order valence-electron chi connectivity index (χ0n) is 15.7. The fourth-order valence-corrected chi connectivity index (χ4v) is 2.84. The minimum absolute atomic E-state index is 0.193. The van der Waals surface area contributed by atoms with Crippen LogP contribution in [0.1, 0.15) is 34.3 Å². The number of hydrogen-bond acceptors (Lipinski definition) is 5. The summed E-state index contributed by atoms with van der Waals surface area (Å²) in [6, 6.07) is 11.4. The highest BCUT2D eigenvalue weighted by atomic mass is 16.5. The first kappa shape index (κ1) is 19.3. The summed E-state index contributed by atoms with van der Waals surface area (Å²) in [5.41, 5.74) is 3.43. The molecule has 7 heteroatoms. The van der Waals surface area contributed by atoms with Crippen molar-refractivity contribution in [2.75, 3.05) is 16.8 Å². The first-order chi connectivity index (χ1) is 13.3. The Labute approximate surface area is 162 Å². The Bertz CT molecular complexity index is 934. The topological polar surface area (TPSA) is 92.8 Å². The third-order valence-corrected chi connectivity index (χ3v) is 4.54. The fraction of sp³-hybridized carbons (Fsp3) is 0.238. The van der Waals surface area contributed by atoms with Gasteiger partial charge in [-0.05, 0) is 61.4 Å². The quantitative estimate of drug-likeness (QED) is 0.636. The number of amides is 3. The highest BCUT2D eigenvalue weighted by molar-refractivity contribution is 6.19. The van der Waals surface area contributed by atoms with Crippen molar-refractivity contribution < 1.29 is 23.9 Å². The third-order valence-electron chi connectivity index (χ3n) is 4.54. The monoisotopic (exact) mass is 380 g/mol. The number of carbonyl (C=O) groups is 4. The molecule has 144 valence electrons. The molecule has 3 rings (SSSR count). The van der Waals surface area contributed by atoms with Gasteiger partial charge >= 0.3 is 5.97 Å². The van der Waals surface area contributed by atoms with E-state index in [9.17, 15) is 19.2 Å². The molecule has 0 aliphatic carbocycles. The van der Waals surface area contributed by atoms with Crippen LogP contribution in [0.2, 0.25) is 0 Å². The molecule has 0 saturated carbocycles. The van der Waals surface area contributed by atoms with Crippen LogP contribution in [0.5, 0.6) is 0 Å². The molecule has 0 aromatic heterocycles. The van der Waals surface area contributed by atoms with Crippen molar-refractivity contribution in [2.45, 2.75) is 26.7 Å². The number of anilines is 2. The molecule has 0 radical (unpaired) electrons. The fourth-order valence-electron chi connectivity index (χ4n) is 2.84. The molecule has 1 heterocycles. The number of nitrogens with one attached hydrogen (secondary N) is 1. The van der Waals surface area contributed by atoms with Crippen LogP contribution < -0.4 is 10.2 Å². The molecule has 2 aromatic carbocycles. The smallest absolute Gasteiger partial charge is 0.338 e. The van der Waals surface area contributed by atoms with Crippen molar-refractivity contribution in [3.63, 3.8) is 0 Å². The standard InChI is InChI=1S/C21H20N2O5/c1-13-3-6-16(11-14(13)2)22-18(24)12-28-21(27)15-4-7-17(8-5-15)23-19(25)9-10-20(23)26/h3-8,11H,9-10,12H2,1-2H3,(H,22,24). The maximum atomic E-state index is 12.1. The van der Waals surface area contributed by atoms with Gasteiger partial charge in [-0.25, -0.2) is 4.79 Å². The number of ether oxygens (including phenoxy) is 1. The number of rotatable bonds is 5. The zero-order chi connectivity index (χ0) is 20.3. The molecule has 7 nitrogen and oxygen atoms in total. The first-order valence-electron chi connectivity index (χ1n) is 8.85. The van der Waals surface area contributed by atoms with E-state index in [-0.39, 0.29) is 30.2 Å². The van der Waals surface area contributed by atoms with Gasteiger partial charge in [-0.15, -0.1) is 0 Å². The van der Waals surface area contributed by atoms with Crippen LogP contribution in [-0.2, 0) is 19.1 Å². The highest BCUT2D eigenvalue weighted by Gasteiger charge is 2.30. The zero-order valence-corrected chi connectivity index (χ0v) is 15.7. The largest absolute Gasteiger partial charge is 0.452 e. The molecule has 1 N–H and O–H groups in total. The van der Waals surface area contributed by atoms with E-state index in [1.165, 1.54) is 24.3 Å². The lowest BCUT2D eigenvalue weighted by Crippen LogP contribution is -2.28. The van der Waals surface area contributed by atoms with Crippen LogP contribution in [0.25, 0.3) is 0 Å². The van der Waals surface area contributed by atoms with E-state index in [4.69, 9.17) is 4.74 Å². The van der Waals surface area contributed by atoms with Gasteiger partial charge in [0, 0.05) is 18.5 Å². The van der Waals surface area contributed by atoms with Crippen LogP contribution >= 0.6 is 0 Å². The summed E-state index contributed by atoms with van der Waals surface area (Å²) in [4.78, 5) is 48.7. The van der Waals surface area contributed by atoms with E-state index < -0.39 is 18.5 Å². The Hall–Kier alpha value is -3.48. The Morgan fingerprint density at radius 2 is 1.61 bits per heavy atom. The molecular formula is C21H20N2O5. The van der Waals surface area contributed by atoms with Gasteiger partial charge in [-0.3, -0.25) is 19.3 Å². The average Bonchev–Trinajstić information content (AvgIpc) is 3.01. The number of aryl methyl sites for hydroxylation is 2. The van der Waals surface area contributed by atoms with Crippen molar-refractivity contribution in [2.24, 2.45) is 0 Å². The van der Waals surface area contributed by atoms with E-state index in [1.807, 2.05) is 26.0 Å². The summed E-state index contributed by atoms with van der Waals surface area (Å²) >= 11 is 0. The number of benzene rings is 2. The van der Waals surface area contributed by atoms with Gasteiger partial charge in [0.15, 0.2) is 6.61 Å². The van der Waals surface area contributed by atoms with Gasteiger partial charge in [-0.2, -0.15) is 0 Å². The highest BCUT2D eigenvalue weighted by Crippen LogP contribution is 2.23. The molecule has 0 atom stereocenters. The second-order valence-electron chi connectivity index (χ2n) is 6.59. The molecule has 0 spiro atoms. The Kier molecular flexibility index (Phi) is 5.54. The Morgan fingerprint density at radius 1 is 0.964 bits per heavy atom. The molecule has 1 aliphatic heterocycles. The lowest BCUT2D eigenvalue weighted by atomic mass is 10.1. The summed E-state index contributed by atoms with van der Waals surface area (Å²) in [6.07, 6.45) is 0.385. The van der Waals surface area contributed by atoms with Crippen LogP contribution in [-0.4, -0.2) is 30.3 Å². The van der Waals surface area contributed by atoms with Gasteiger partial charge < -0.3 is 10.1 Å². The molecule has 0 unspecified atom stereocenters. The molecule has 0 bridgehead atoms. The van der Waals surface area contributed by atoms with Crippen molar-refractivity contribution in [1.29, 1.82) is 0 Å². The summed E-state index contributed by atoms with van der Waals surface area (Å²) in [5.74, 6) is -1.63. The average molecular weight is 380 g/mol. The number of esters is 1. The molecule has 28 heavy (non-hydrogen) atoms. The van der Waals surface area contributed by atoms with Gasteiger partial charge in [-0.1, -0.05) is 6.07 Å². The van der Waals surface area contributed by atoms with Crippen molar-refractivity contribution in [3.05, 3.63) is 59.2 Å². The third kappa shape index (κ3) is 4.25. The van der Waals surface area contributed by atoms with Crippen molar-refractivity contribution in [3.8, 4) is 0 Å². The minimum Gasteiger partial charge on any atom is -0.452 e.